The Hall–Kier alpha value is -4.20. The third-order valence-electron chi connectivity index (χ3n) is 10.5. The number of sulfonamides is 1. The number of likely N-dealkylation sites (tertiary alicyclic amines) is 1. The number of aromatic nitrogens is 1. The Labute approximate surface area is 305 Å². The first kappa shape index (κ1) is 37.6. The summed E-state index contributed by atoms with van der Waals surface area (Å²) in [5.41, 5.74) is 4.16. The molecule has 0 amide bonds. The average Bonchev–Trinajstić information content (AvgIpc) is 3.15. The van der Waals surface area contributed by atoms with Gasteiger partial charge in [0.2, 0.25) is 0 Å². The summed E-state index contributed by atoms with van der Waals surface area (Å²) in [5.74, 6) is -1.05. The van der Waals surface area contributed by atoms with E-state index < -0.39 is 21.9 Å². The predicted octanol–water partition coefficient (Wildman–Crippen LogP) is 7.26. The van der Waals surface area contributed by atoms with Crippen LogP contribution in [-0.4, -0.2) is 76.2 Å². The molecule has 280 valence electrons. The molecule has 1 aromatic heterocycles. The quantitative estimate of drug-likeness (QED) is 0.190. The van der Waals surface area contributed by atoms with E-state index >= 15 is 0 Å². The lowest BCUT2D eigenvalue weighted by Crippen LogP contribution is -2.56. The van der Waals surface area contributed by atoms with Crippen molar-refractivity contribution >= 4 is 15.7 Å². The molecule has 10 nitrogen and oxygen atoms in total. The summed E-state index contributed by atoms with van der Waals surface area (Å²) in [6.07, 6.45) is 7.85. The molecular weight excluding hydrogens is 691 g/mol. The Bertz CT molecular complexity index is 1880. The molecule has 2 aromatic carbocycles. The molecule has 0 N–H and O–H groups in total. The van der Waals surface area contributed by atoms with Crippen LogP contribution in [0.2, 0.25) is 0 Å². The highest BCUT2D eigenvalue weighted by Crippen LogP contribution is 2.42. The summed E-state index contributed by atoms with van der Waals surface area (Å²) < 4.78 is 82.4. The van der Waals surface area contributed by atoms with E-state index in [4.69, 9.17) is 18.9 Å². The highest BCUT2D eigenvalue weighted by Gasteiger charge is 2.44. The second-order valence-corrected chi connectivity index (χ2v) is 15.7. The Balaban J connectivity index is 1.42. The predicted molar refractivity (Wildman–Crippen MR) is 196 cm³/mol. The normalized spacial score (nSPS) is 21.9. The SMILES string of the molecule is COc1ccc(CN(Cc2ccc(OC)cc2OC)S(=O)(=O)c2cc(N3C4=C(C=CC3N3CCC(F)(F)C(C)C3)CCC(C)C4)ccn2)c(OC)c1. The Morgan fingerprint density at radius 3 is 2.12 bits per heavy atom. The van der Waals surface area contributed by atoms with Gasteiger partial charge in [0.05, 0.1) is 28.4 Å². The first-order valence-corrected chi connectivity index (χ1v) is 19.0. The van der Waals surface area contributed by atoms with Crippen LogP contribution >= 0.6 is 0 Å². The first-order chi connectivity index (χ1) is 24.9. The second-order valence-electron chi connectivity index (χ2n) is 13.9. The van der Waals surface area contributed by atoms with Crippen molar-refractivity contribution in [1.82, 2.24) is 14.2 Å². The number of ether oxygens (including phenoxy) is 4. The summed E-state index contributed by atoms with van der Waals surface area (Å²) in [5, 5.41) is -0.136. The fraction of sp³-hybridized carbons (Fsp3) is 0.462. The molecule has 1 aliphatic carbocycles. The van der Waals surface area contributed by atoms with Crippen molar-refractivity contribution in [1.29, 1.82) is 0 Å². The van der Waals surface area contributed by atoms with Gasteiger partial charge in [0, 0.05) is 85.4 Å². The van der Waals surface area contributed by atoms with Crippen LogP contribution in [0.25, 0.3) is 0 Å². The van der Waals surface area contributed by atoms with Crippen LogP contribution in [0.3, 0.4) is 0 Å². The van der Waals surface area contributed by atoms with Gasteiger partial charge in [-0.2, -0.15) is 4.31 Å². The van der Waals surface area contributed by atoms with Crippen molar-refractivity contribution in [3.63, 3.8) is 0 Å². The van der Waals surface area contributed by atoms with Crippen LogP contribution < -0.4 is 23.8 Å². The largest absolute Gasteiger partial charge is 0.497 e. The van der Waals surface area contributed by atoms with E-state index in [9.17, 15) is 17.2 Å². The van der Waals surface area contributed by atoms with Gasteiger partial charge >= 0.3 is 0 Å². The van der Waals surface area contributed by atoms with Gasteiger partial charge in [0.1, 0.15) is 29.2 Å². The number of hydrogen-bond donors (Lipinski definition) is 0. The molecule has 6 rings (SSSR count). The maximum absolute atomic E-state index is 14.8. The van der Waals surface area contributed by atoms with Crippen LogP contribution in [0.15, 0.2) is 83.2 Å². The van der Waals surface area contributed by atoms with E-state index in [1.54, 1.807) is 69.7 Å². The zero-order chi connectivity index (χ0) is 37.2. The monoisotopic (exact) mass is 738 g/mol. The summed E-state index contributed by atoms with van der Waals surface area (Å²) in [7, 11) is 1.88. The minimum absolute atomic E-state index is 0.0433. The van der Waals surface area contributed by atoms with Gasteiger partial charge in [-0.25, -0.2) is 22.2 Å². The molecule has 3 heterocycles. The van der Waals surface area contributed by atoms with E-state index in [-0.39, 0.29) is 43.8 Å². The van der Waals surface area contributed by atoms with Crippen LogP contribution in [-0.2, 0) is 23.1 Å². The van der Waals surface area contributed by atoms with E-state index in [0.717, 1.165) is 25.0 Å². The number of nitrogens with zero attached hydrogens (tertiary/aromatic N) is 4. The number of methoxy groups -OCH3 is 4. The molecule has 0 radical (unpaired) electrons. The summed E-state index contributed by atoms with van der Waals surface area (Å²) in [4.78, 5) is 8.65. The van der Waals surface area contributed by atoms with E-state index in [0.29, 0.717) is 45.7 Å². The number of rotatable bonds is 12. The van der Waals surface area contributed by atoms with Crippen LogP contribution in [0.1, 0.15) is 50.7 Å². The van der Waals surface area contributed by atoms with Crippen molar-refractivity contribution in [2.45, 2.75) is 69.7 Å². The maximum atomic E-state index is 14.8. The number of alkyl halides is 2. The summed E-state index contributed by atoms with van der Waals surface area (Å²) in [6.45, 7) is 4.15. The lowest BCUT2D eigenvalue weighted by atomic mass is 9.85. The fourth-order valence-corrected chi connectivity index (χ4v) is 8.68. The Morgan fingerprint density at radius 2 is 1.54 bits per heavy atom. The van der Waals surface area contributed by atoms with Crippen molar-refractivity contribution in [3.05, 3.63) is 89.3 Å². The maximum Gasteiger partial charge on any atom is 0.261 e. The van der Waals surface area contributed by atoms with Gasteiger partial charge in [-0.15, -0.1) is 0 Å². The van der Waals surface area contributed by atoms with Crippen LogP contribution in [0.5, 0.6) is 23.0 Å². The molecule has 1 saturated heterocycles. The topological polar surface area (TPSA) is 93.7 Å². The number of halogens is 2. The highest BCUT2D eigenvalue weighted by atomic mass is 32.2. The number of anilines is 1. The molecule has 3 aromatic rings. The smallest absolute Gasteiger partial charge is 0.261 e. The van der Waals surface area contributed by atoms with Crippen LogP contribution in [0.4, 0.5) is 14.5 Å². The molecule has 13 heteroatoms. The zero-order valence-electron chi connectivity index (χ0n) is 30.6. The number of hydrogen-bond acceptors (Lipinski definition) is 9. The molecule has 0 spiro atoms. The molecule has 0 saturated carbocycles. The van der Waals surface area contributed by atoms with Gasteiger partial charge in [-0.1, -0.05) is 32.1 Å². The number of piperidine rings is 1. The van der Waals surface area contributed by atoms with Gasteiger partial charge < -0.3 is 23.8 Å². The van der Waals surface area contributed by atoms with Gasteiger partial charge in [0.25, 0.3) is 15.9 Å². The molecular formula is C39H48F2N4O6S. The Morgan fingerprint density at radius 1 is 0.904 bits per heavy atom. The molecule has 1 fully saturated rings. The molecule has 3 atom stereocenters. The van der Waals surface area contributed by atoms with Crippen molar-refractivity contribution in [2.24, 2.45) is 11.8 Å². The summed E-state index contributed by atoms with van der Waals surface area (Å²) >= 11 is 0. The minimum atomic E-state index is -4.27. The number of pyridine rings is 1. The Kier molecular flexibility index (Phi) is 11.1. The molecule has 3 aliphatic rings. The number of benzene rings is 2. The second kappa shape index (κ2) is 15.4. The lowest BCUT2D eigenvalue weighted by molar-refractivity contribution is -0.103. The van der Waals surface area contributed by atoms with E-state index in [1.165, 1.54) is 30.3 Å². The third kappa shape index (κ3) is 7.62. The van der Waals surface area contributed by atoms with Crippen molar-refractivity contribution in [3.8, 4) is 23.0 Å². The van der Waals surface area contributed by atoms with Crippen molar-refractivity contribution in [2.75, 3.05) is 46.4 Å². The molecule has 2 aliphatic heterocycles. The summed E-state index contributed by atoms with van der Waals surface area (Å²) in [6, 6.07) is 13.9. The van der Waals surface area contributed by atoms with E-state index in [1.807, 2.05) is 0 Å². The third-order valence-corrected chi connectivity index (χ3v) is 12.2. The average molecular weight is 739 g/mol. The highest BCUT2D eigenvalue weighted by molar-refractivity contribution is 7.89. The number of allylic oxidation sites excluding steroid dienone is 3. The minimum Gasteiger partial charge on any atom is -0.497 e. The van der Waals surface area contributed by atoms with Gasteiger partial charge in [-0.05, 0) is 55.0 Å². The van der Waals surface area contributed by atoms with Gasteiger partial charge in [0.15, 0.2) is 5.03 Å². The fourth-order valence-electron chi connectivity index (χ4n) is 7.33. The van der Waals surface area contributed by atoms with Crippen LogP contribution in [0, 0.1) is 11.8 Å². The van der Waals surface area contributed by atoms with Gasteiger partial charge in [-0.3, -0.25) is 4.90 Å². The van der Waals surface area contributed by atoms with Crippen molar-refractivity contribution < 1.29 is 36.1 Å². The molecule has 0 bridgehead atoms. The molecule has 3 unspecified atom stereocenters. The first-order valence-electron chi connectivity index (χ1n) is 17.6. The van der Waals surface area contributed by atoms with E-state index in [2.05, 4.69) is 33.9 Å². The zero-order valence-corrected chi connectivity index (χ0v) is 31.5. The standard InChI is InChI=1S/C39H48F2N4O6S/c1-26-7-8-28-11-14-38(43-18-16-39(40,41)27(2)23-43)45(34(28)19-26)31-15-17-42-37(20-31)52(46,47)44(24-29-9-12-32(48-3)21-35(29)50-5)25-30-10-13-33(49-4)22-36(30)51-6/h9-15,17,20-22,26-27,38H,7-8,16,18-19,23-25H2,1-6H3. The molecule has 52 heavy (non-hydrogen) atoms. The lowest BCUT2D eigenvalue weighted by Gasteiger charge is -2.48.